The van der Waals surface area contributed by atoms with Gasteiger partial charge in [-0.1, -0.05) is 84.9 Å². The van der Waals surface area contributed by atoms with Gasteiger partial charge in [0.2, 0.25) is 11.8 Å². The number of hydrogen-bond donors (Lipinski definition) is 0. The summed E-state index contributed by atoms with van der Waals surface area (Å²) in [4.78, 5) is 39.6. The molecule has 194 valence electrons. The van der Waals surface area contributed by atoms with Crippen LogP contribution in [0.15, 0.2) is 127 Å². The molecule has 4 aromatic rings. The quantitative estimate of drug-likeness (QED) is 0.126. The Morgan fingerprint density at radius 3 is 1.52 bits per heavy atom. The topological polar surface area (TPSA) is 80.5 Å². The number of hydrogen-bond acceptors (Lipinski definition) is 4. The Morgan fingerprint density at radius 2 is 1.07 bits per heavy atom. The van der Waals surface area contributed by atoms with Gasteiger partial charge in [0.05, 0.1) is 22.4 Å². The lowest BCUT2D eigenvalue weighted by molar-refractivity contribution is -0.384. The van der Waals surface area contributed by atoms with Crippen molar-refractivity contribution in [1.29, 1.82) is 0 Å². The van der Waals surface area contributed by atoms with Gasteiger partial charge in [0.15, 0.2) is 0 Å². The fourth-order valence-electron chi connectivity index (χ4n) is 6.64. The zero-order valence-electron chi connectivity index (χ0n) is 21.4. The van der Waals surface area contributed by atoms with E-state index < -0.39 is 16.8 Å². The minimum atomic E-state index is -0.431. The van der Waals surface area contributed by atoms with E-state index in [1.54, 1.807) is 24.3 Å². The SMILES string of the molecule is O=C1[C@H]2[C@H](C(=O)N1c1ccc(-c3ccc([N+](=O)[O-])cc3)cc1)[C@H]1C=C[C@H]2C1=C(c1ccccc1)c1ccccc1. The maximum Gasteiger partial charge on any atom is 0.269 e. The van der Waals surface area contributed by atoms with E-state index in [1.807, 2.05) is 48.5 Å². The third kappa shape index (κ3) is 3.64. The molecular weight excluding hydrogens is 500 g/mol. The molecule has 1 heterocycles. The molecule has 6 nitrogen and oxygen atoms in total. The molecule has 0 unspecified atom stereocenters. The fourth-order valence-corrected chi connectivity index (χ4v) is 6.64. The molecule has 2 bridgehead atoms. The number of anilines is 1. The Hall–Kier alpha value is -5.10. The summed E-state index contributed by atoms with van der Waals surface area (Å²) < 4.78 is 0. The summed E-state index contributed by atoms with van der Waals surface area (Å²) in [6.45, 7) is 0. The summed E-state index contributed by atoms with van der Waals surface area (Å²) in [7, 11) is 0. The minimum absolute atomic E-state index is 0.0273. The zero-order valence-corrected chi connectivity index (χ0v) is 21.4. The lowest BCUT2D eigenvalue weighted by Gasteiger charge is -2.22. The molecule has 1 saturated carbocycles. The van der Waals surface area contributed by atoms with Crippen LogP contribution in [0.4, 0.5) is 11.4 Å². The van der Waals surface area contributed by atoms with E-state index in [1.165, 1.54) is 17.0 Å². The van der Waals surface area contributed by atoms with Crippen molar-refractivity contribution < 1.29 is 14.5 Å². The third-order valence-electron chi connectivity index (χ3n) is 8.37. The lowest BCUT2D eigenvalue weighted by Crippen LogP contribution is -2.33. The summed E-state index contributed by atoms with van der Waals surface area (Å²) in [6.07, 6.45) is 4.22. The van der Waals surface area contributed by atoms with Crippen LogP contribution in [-0.4, -0.2) is 16.7 Å². The smallest absolute Gasteiger partial charge is 0.269 e. The fraction of sp³-hybridized carbons (Fsp3) is 0.118. The first-order valence-electron chi connectivity index (χ1n) is 13.3. The Kier molecular flexibility index (Phi) is 5.56. The van der Waals surface area contributed by atoms with Crippen LogP contribution in [-0.2, 0) is 9.59 Å². The van der Waals surface area contributed by atoms with Crippen molar-refractivity contribution in [2.45, 2.75) is 0 Å². The maximum absolute atomic E-state index is 13.9. The molecule has 4 aromatic carbocycles. The van der Waals surface area contributed by atoms with Crippen molar-refractivity contribution in [1.82, 2.24) is 0 Å². The molecular formula is C34H24N2O4. The zero-order chi connectivity index (χ0) is 27.4. The Morgan fingerprint density at radius 1 is 0.625 bits per heavy atom. The number of benzene rings is 4. The van der Waals surface area contributed by atoms with Gasteiger partial charge in [-0.3, -0.25) is 19.7 Å². The average Bonchev–Trinajstić information content (AvgIpc) is 3.63. The van der Waals surface area contributed by atoms with Crippen molar-refractivity contribution in [3.05, 3.63) is 148 Å². The molecule has 0 spiro atoms. The van der Waals surface area contributed by atoms with Crippen LogP contribution >= 0.6 is 0 Å². The summed E-state index contributed by atoms with van der Waals surface area (Å²) in [5.41, 5.74) is 6.67. The monoisotopic (exact) mass is 524 g/mol. The molecule has 7 rings (SSSR count). The van der Waals surface area contributed by atoms with Gasteiger partial charge in [-0.25, -0.2) is 4.90 Å². The number of nitrogens with zero attached hydrogens (tertiary/aromatic N) is 2. The maximum atomic E-state index is 13.9. The minimum Gasteiger partial charge on any atom is -0.274 e. The van der Waals surface area contributed by atoms with Gasteiger partial charge in [0, 0.05) is 24.0 Å². The predicted molar refractivity (Wildman–Crippen MR) is 153 cm³/mol. The number of nitro benzene ring substituents is 1. The molecule has 1 aliphatic heterocycles. The third-order valence-corrected chi connectivity index (χ3v) is 8.37. The molecule has 0 radical (unpaired) electrons. The van der Waals surface area contributed by atoms with Crippen LogP contribution in [0.3, 0.4) is 0 Å². The standard InChI is InChI=1S/C34H24N2O4/c37-33-31-27-19-20-28(30(27)29(23-7-3-1-4-8-23)24-9-5-2-6-10-24)32(31)34(38)35(33)25-15-11-21(12-16-25)22-13-17-26(18-14-22)36(39)40/h1-20,27-28,31-32H/t27-,28-,31+,32+/m0/s1. The van der Waals surface area contributed by atoms with Gasteiger partial charge in [-0.05, 0) is 57.7 Å². The molecule has 0 N–H and O–H groups in total. The van der Waals surface area contributed by atoms with Crippen molar-refractivity contribution >= 4 is 28.8 Å². The molecule has 0 aromatic heterocycles. The molecule has 2 amide bonds. The number of amides is 2. The van der Waals surface area contributed by atoms with Gasteiger partial charge in [-0.15, -0.1) is 0 Å². The number of nitro groups is 1. The Balaban J connectivity index is 1.23. The van der Waals surface area contributed by atoms with Crippen LogP contribution < -0.4 is 4.90 Å². The lowest BCUT2D eigenvalue weighted by atomic mass is 9.85. The van der Waals surface area contributed by atoms with Crippen LogP contribution in [0.1, 0.15) is 11.1 Å². The van der Waals surface area contributed by atoms with E-state index in [9.17, 15) is 19.7 Å². The van der Waals surface area contributed by atoms with E-state index in [0.717, 1.165) is 33.4 Å². The highest BCUT2D eigenvalue weighted by atomic mass is 16.6. The normalized spacial score (nSPS) is 22.6. The number of non-ortho nitro benzene ring substituents is 1. The Labute approximate surface area is 231 Å². The number of carbonyl (C=O) groups is 2. The molecule has 2 fully saturated rings. The van der Waals surface area contributed by atoms with Crippen molar-refractivity contribution in [3.8, 4) is 11.1 Å². The van der Waals surface area contributed by atoms with E-state index in [-0.39, 0.29) is 29.3 Å². The molecule has 2 aliphatic carbocycles. The van der Waals surface area contributed by atoms with E-state index in [4.69, 9.17) is 0 Å². The van der Waals surface area contributed by atoms with Crippen molar-refractivity contribution in [2.24, 2.45) is 23.7 Å². The van der Waals surface area contributed by atoms with Crippen LogP contribution in [0.2, 0.25) is 0 Å². The summed E-state index contributed by atoms with van der Waals surface area (Å²) in [5.74, 6) is -1.43. The number of fused-ring (bicyclic) bond motifs is 5. The molecule has 4 atom stereocenters. The highest BCUT2D eigenvalue weighted by Gasteiger charge is 2.62. The van der Waals surface area contributed by atoms with Gasteiger partial charge in [0.1, 0.15) is 0 Å². The first-order chi connectivity index (χ1) is 19.5. The van der Waals surface area contributed by atoms with Crippen molar-refractivity contribution in [2.75, 3.05) is 4.90 Å². The number of carbonyl (C=O) groups excluding carboxylic acids is 2. The first kappa shape index (κ1) is 24.0. The first-order valence-corrected chi connectivity index (χ1v) is 13.3. The number of rotatable bonds is 5. The van der Waals surface area contributed by atoms with Crippen LogP contribution in [0, 0.1) is 33.8 Å². The van der Waals surface area contributed by atoms with Gasteiger partial charge in [0.25, 0.3) is 5.69 Å². The van der Waals surface area contributed by atoms with Crippen molar-refractivity contribution in [3.63, 3.8) is 0 Å². The number of allylic oxidation sites excluding steroid dienone is 3. The molecule has 6 heteroatoms. The summed E-state index contributed by atoms with van der Waals surface area (Å²) >= 11 is 0. The van der Waals surface area contributed by atoms with Gasteiger partial charge >= 0.3 is 0 Å². The summed E-state index contributed by atoms with van der Waals surface area (Å²) in [5, 5.41) is 11.0. The summed E-state index contributed by atoms with van der Waals surface area (Å²) in [6, 6.07) is 33.9. The second kappa shape index (κ2) is 9.27. The molecule has 1 saturated heterocycles. The Bertz CT molecular complexity index is 1630. The molecule has 3 aliphatic rings. The van der Waals surface area contributed by atoms with E-state index >= 15 is 0 Å². The predicted octanol–water partition coefficient (Wildman–Crippen LogP) is 6.69. The second-order valence-electron chi connectivity index (χ2n) is 10.4. The second-order valence-corrected chi connectivity index (χ2v) is 10.4. The highest BCUT2D eigenvalue weighted by molar-refractivity contribution is 6.23. The van der Waals surface area contributed by atoms with Crippen LogP contribution in [0.25, 0.3) is 16.7 Å². The van der Waals surface area contributed by atoms with E-state index in [0.29, 0.717) is 5.69 Å². The average molecular weight is 525 g/mol. The molecule has 40 heavy (non-hydrogen) atoms. The van der Waals surface area contributed by atoms with Gasteiger partial charge < -0.3 is 0 Å². The highest BCUT2D eigenvalue weighted by Crippen LogP contribution is 2.58. The number of imide groups is 1. The van der Waals surface area contributed by atoms with Crippen LogP contribution in [0.5, 0.6) is 0 Å². The van der Waals surface area contributed by atoms with E-state index in [2.05, 4.69) is 36.4 Å². The van der Waals surface area contributed by atoms with Gasteiger partial charge in [-0.2, -0.15) is 0 Å². The largest absolute Gasteiger partial charge is 0.274 e.